The topological polar surface area (TPSA) is 73.6 Å². The molecule has 5 nitrogen and oxygen atoms in total. The van der Waals surface area contributed by atoms with Crippen molar-refractivity contribution in [1.82, 2.24) is 20.5 Å². The first-order chi connectivity index (χ1) is 12.8. The van der Waals surface area contributed by atoms with Crippen LogP contribution >= 0.6 is 0 Å². The Balaban J connectivity index is 1.47. The number of benzene rings is 1. The lowest BCUT2D eigenvalue weighted by molar-refractivity contribution is 0.0935. The zero-order valence-corrected chi connectivity index (χ0v) is 16.2. The number of hydrogen-bond donors (Lipinski definition) is 3. The van der Waals surface area contributed by atoms with Gasteiger partial charge in [-0.25, -0.2) is 0 Å². The number of aromatic amines is 2. The third-order valence-corrected chi connectivity index (χ3v) is 6.21. The first-order valence-corrected chi connectivity index (χ1v) is 9.84. The Labute approximate surface area is 158 Å². The average molecular weight is 362 g/mol. The molecule has 0 radical (unpaired) electrons. The first-order valence-electron chi connectivity index (χ1n) is 9.84. The van der Waals surface area contributed by atoms with Crippen molar-refractivity contribution in [1.29, 1.82) is 0 Å². The predicted molar refractivity (Wildman–Crippen MR) is 107 cm³/mol. The summed E-state index contributed by atoms with van der Waals surface area (Å²) in [6, 6.07) is 7.97. The van der Waals surface area contributed by atoms with Crippen molar-refractivity contribution in [3.63, 3.8) is 0 Å². The van der Waals surface area contributed by atoms with Crippen LogP contribution in [0.2, 0.25) is 0 Å². The van der Waals surface area contributed by atoms with Gasteiger partial charge in [0.15, 0.2) is 0 Å². The maximum Gasteiger partial charge on any atom is 0.251 e. The van der Waals surface area contributed by atoms with Crippen LogP contribution < -0.4 is 5.32 Å². The van der Waals surface area contributed by atoms with Crippen LogP contribution in [-0.2, 0) is 12.8 Å². The van der Waals surface area contributed by atoms with Gasteiger partial charge < -0.3 is 10.3 Å². The minimum absolute atomic E-state index is 0.00275. The lowest BCUT2D eigenvalue weighted by Crippen LogP contribution is -2.34. The highest BCUT2D eigenvalue weighted by Gasteiger charge is 2.38. The van der Waals surface area contributed by atoms with E-state index in [4.69, 9.17) is 0 Å². The lowest BCUT2D eigenvalue weighted by atomic mass is 9.76. The smallest absolute Gasteiger partial charge is 0.251 e. The Morgan fingerprint density at radius 2 is 1.96 bits per heavy atom. The van der Waals surface area contributed by atoms with E-state index in [1.165, 1.54) is 17.7 Å². The Kier molecular flexibility index (Phi) is 3.37. The van der Waals surface area contributed by atoms with Gasteiger partial charge in [-0.05, 0) is 68.7 Å². The van der Waals surface area contributed by atoms with Crippen molar-refractivity contribution >= 4 is 16.8 Å². The van der Waals surface area contributed by atoms with E-state index >= 15 is 0 Å². The molecule has 2 heterocycles. The van der Waals surface area contributed by atoms with E-state index in [0.717, 1.165) is 48.0 Å². The minimum atomic E-state index is -0.00275. The van der Waals surface area contributed by atoms with Gasteiger partial charge in [-0.2, -0.15) is 5.10 Å². The van der Waals surface area contributed by atoms with Gasteiger partial charge in [0.25, 0.3) is 5.91 Å². The second kappa shape index (κ2) is 5.47. The summed E-state index contributed by atoms with van der Waals surface area (Å²) in [5, 5.41) is 12.0. The van der Waals surface area contributed by atoms with Gasteiger partial charge in [0.2, 0.25) is 0 Å². The monoisotopic (exact) mass is 362 g/mol. The molecule has 5 heteroatoms. The van der Waals surface area contributed by atoms with E-state index in [1.807, 2.05) is 18.2 Å². The molecule has 140 valence electrons. The lowest BCUT2D eigenvalue weighted by Gasteiger charge is -2.28. The number of nitrogens with one attached hydrogen (secondary N) is 3. The van der Waals surface area contributed by atoms with E-state index in [0.29, 0.717) is 11.0 Å². The second-order valence-electron chi connectivity index (χ2n) is 9.37. The summed E-state index contributed by atoms with van der Waals surface area (Å²) < 4.78 is 0. The Morgan fingerprint density at radius 3 is 2.74 bits per heavy atom. The minimum Gasteiger partial charge on any atom is -0.353 e. The van der Waals surface area contributed by atoms with Crippen molar-refractivity contribution in [2.45, 2.75) is 58.4 Å². The number of rotatable bonds is 3. The number of H-pyrrole nitrogens is 2. The largest absolute Gasteiger partial charge is 0.353 e. The van der Waals surface area contributed by atoms with Crippen LogP contribution in [0.3, 0.4) is 0 Å². The first kappa shape index (κ1) is 16.6. The van der Waals surface area contributed by atoms with Gasteiger partial charge in [-0.15, -0.1) is 0 Å². The molecule has 27 heavy (non-hydrogen) atoms. The number of fused-ring (bicyclic) bond motifs is 2. The van der Waals surface area contributed by atoms with E-state index in [2.05, 4.69) is 47.3 Å². The van der Waals surface area contributed by atoms with E-state index < -0.39 is 0 Å². The number of carbonyl (C=O) groups is 1. The SMILES string of the molecule is CC1(C)CCc2c(-c3cc4cc(C(=O)NC5(C)CC5)ccc4[nH]3)n[nH]c2C1. The molecule has 1 aromatic carbocycles. The van der Waals surface area contributed by atoms with Gasteiger partial charge in [0.05, 0.1) is 5.69 Å². The predicted octanol–water partition coefficient (Wildman–Crippen LogP) is 4.36. The number of hydrogen-bond acceptors (Lipinski definition) is 2. The average Bonchev–Trinajstić information content (AvgIpc) is 3.04. The van der Waals surface area contributed by atoms with Gasteiger partial charge in [0.1, 0.15) is 5.69 Å². The molecule has 3 N–H and O–H groups in total. The molecule has 0 unspecified atom stereocenters. The summed E-state index contributed by atoms with van der Waals surface area (Å²) in [6.45, 7) is 6.72. The molecule has 5 rings (SSSR count). The van der Waals surface area contributed by atoms with Crippen LogP contribution in [0.5, 0.6) is 0 Å². The van der Waals surface area contributed by atoms with Crippen molar-refractivity contribution < 1.29 is 4.79 Å². The van der Waals surface area contributed by atoms with Crippen LogP contribution in [0.25, 0.3) is 22.3 Å². The van der Waals surface area contributed by atoms with E-state index in [-0.39, 0.29) is 11.4 Å². The molecule has 1 fully saturated rings. The van der Waals surface area contributed by atoms with Crippen molar-refractivity contribution in [3.8, 4) is 11.4 Å². The molecule has 0 atom stereocenters. The van der Waals surface area contributed by atoms with Gasteiger partial charge in [-0.3, -0.25) is 9.89 Å². The Bertz CT molecular complexity index is 1050. The Hall–Kier alpha value is -2.56. The van der Waals surface area contributed by atoms with Crippen LogP contribution in [0.1, 0.15) is 61.6 Å². The van der Waals surface area contributed by atoms with Crippen molar-refractivity contribution in [3.05, 3.63) is 41.1 Å². The number of carbonyl (C=O) groups excluding carboxylic acids is 1. The summed E-state index contributed by atoms with van der Waals surface area (Å²) in [4.78, 5) is 16.0. The summed E-state index contributed by atoms with van der Waals surface area (Å²) >= 11 is 0. The number of aromatic nitrogens is 3. The quantitative estimate of drug-likeness (QED) is 0.648. The van der Waals surface area contributed by atoms with Gasteiger partial charge in [0, 0.05) is 33.3 Å². The van der Waals surface area contributed by atoms with Crippen LogP contribution in [-0.4, -0.2) is 26.6 Å². The fraction of sp³-hybridized carbons (Fsp3) is 0.455. The molecule has 2 aliphatic rings. The molecule has 3 aromatic rings. The molecule has 2 aliphatic carbocycles. The fourth-order valence-electron chi connectivity index (χ4n) is 4.13. The van der Waals surface area contributed by atoms with E-state index in [9.17, 15) is 4.79 Å². The van der Waals surface area contributed by atoms with E-state index in [1.54, 1.807) is 0 Å². The number of nitrogens with zero attached hydrogens (tertiary/aromatic N) is 1. The highest BCUT2D eigenvalue weighted by Crippen LogP contribution is 2.38. The van der Waals surface area contributed by atoms with Crippen LogP contribution in [0.4, 0.5) is 0 Å². The molecule has 1 amide bonds. The fourth-order valence-corrected chi connectivity index (χ4v) is 4.13. The third kappa shape index (κ3) is 2.95. The standard InChI is InChI=1S/C22H26N4O/c1-21(2)7-6-15-18(12-21)25-26-19(15)17-11-14-10-13(4-5-16(14)23-17)20(27)24-22(3)8-9-22/h4-5,10-11,23H,6-9,12H2,1-3H3,(H,24,27)(H,25,26). The molecule has 0 aliphatic heterocycles. The van der Waals surface area contributed by atoms with Crippen molar-refractivity contribution in [2.75, 3.05) is 0 Å². The molecular formula is C22H26N4O. The highest BCUT2D eigenvalue weighted by molar-refractivity contribution is 5.99. The van der Waals surface area contributed by atoms with Crippen molar-refractivity contribution in [2.24, 2.45) is 5.41 Å². The highest BCUT2D eigenvalue weighted by atomic mass is 16.1. The molecule has 0 saturated heterocycles. The third-order valence-electron chi connectivity index (χ3n) is 6.21. The summed E-state index contributed by atoms with van der Waals surface area (Å²) in [5.41, 5.74) is 6.72. The molecule has 2 aromatic heterocycles. The zero-order chi connectivity index (χ0) is 18.8. The Morgan fingerprint density at radius 1 is 1.15 bits per heavy atom. The van der Waals surface area contributed by atoms with Crippen LogP contribution in [0, 0.1) is 5.41 Å². The van der Waals surface area contributed by atoms with Crippen LogP contribution in [0.15, 0.2) is 24.3 Å². The summed E-state index contributed by atoms with van der Waals surface area (Å²) in [5.74, 6) is 0.0130. The normalized spacial score (nSPS) is 19.7. The zero-order valence-electron chi connectivity index (χ0n) is 16.2. The molecule has 0 bridgehead atoms. The van der Waals surface area contributed by atoms with Gasteiger partial charge in [-0.1, -0.05) is 13.8 Å². The molecule has 1 saturated carbocycles. The maximum absolute atomic E-state index is 12.5. The molecular weight excluding hydrogens is 336 g/mol. The molecule has 0 spiro atoms. The second-order valence-corrected chi connectivity index (χ2v) is 9.37. The number of amides is 1. The maximum atomic E-state index is 12.5. The summed E-state index contributed by atoms with van der Waals surface area (Å²) in [6.07, 6.45) is 5.40. The summed E-state index contributed by atoms with van der Waals surface area (Å²) in [7, 11) is 0. The van der Waals surface area contributed by atoms with Gasteiger partial charge >= 0.3 is 0 Å².